The molecule has 0 aromatic heterocycles. The smallest absolute Gasteiger partial charge is 0.0511 e. The summed E-state index contributed by atoms with van der Waals surface area (Å²) in [5, 5.41) is 3.28. The van der Waals surface area contributed by atoms with Crippen molar-refractivity contribution >= 4 is 21.6 Å². The maximum atomic E-state index is 3.73. The van der Waals surface area contributed by atoms with E-state index in [-0.39, 0.29) is 0 Å². The summed E-state index contributed by atoms with van der Waals surface area (Å²) in [5.74, 6) is 0. The highest BCUT2D eigenvalue weighted by Crippen LogP contribution is 2.30. The minimum atomic E-state index is 0.391. The zero-order valence-corrected chi connectivity index (χ0v) is 13.7. The molecular weight excluding hydrogens is 302 g/mol. The molecule has 1 aliphatic heterocycles. The molecule has 1 aromatic rings. The predicted molar refractivity (Wildman–Crippen MR) is 85.9 cm³/mol. The quantitative estimate of drug-likeness (QED) is 0.918. The monoisotopic (exact) mass is 325 g/mol. The molecule has 0 saturated carbocycles. The summed E-state index contributed by atoms with van der Waals surface area (Å²) in [7, 11) is 2.00. The molecule has 0 aliphatic carbocycles. The third kappa shape index (κ3) is 3.50. The molecule has 0 spiro atoms. The van der Waals surface area contributed by atoms with Gasteiger partial charge in [0.05, 0.1) is 5.69 Å². The lowest BCUT2D eigenvalue weighted by Crippen LogP contribution is -2.46. The van der Waals surface area contributed by atoms with Gasteiger partial charge in [-0.25, -0.2) is 0 Å². The maximum Gasteiger partial charge on any atom is 0.0511 e. The van der Waals surface area contributed by atoms with Crippen LogP contribution in [-0.4, -0.2) is 44.7 Å². The first-order valence-corrected chi connectivity index (χ1v) is 7.89. The minimum absolute atomic E-state index is 0.391. The molecule has 2 rings (SSSR count). The molecule has 1 aliphatic rings. The maximum absolute atomic E-state index is 3.73. The number of nitrogens with one attached hydrogen (secondary N) is 1. The SMILES string of the molecule is CCN1CCN(c2ccc(C(C)NC)cc2Br)CC1. The number of halogens is 1. The molecule has 106 valence electrons. The van der Waals surface area contributed by atoms with E-state index in [1.165, 1.54) is 15.7 Å². The van der Waals surface area contributed by atoms with Crippen molar-refractivity contribution in [2.24, 2.45) is 0 Å². The molecular formula is C15H24BrN3. The fraction of sp³-hybridized carbons (Fsp3) is 0.600. The van der Waals surface area contributed by atoms with E-state index in [1.807, 2.05) is 7.05 Å². The molecule has 0 amide bonds. The van der Waals surface area contributed by atoms with E-state index in [2.05, 4.69) is 63.1 Å². The zero-order valence-electron chi connectivity index (χ0n) is 12.1. The summed E-state index contributed by atoms with van der Waals surface area (Å²) in [6, 6.07) is 7.10. The van der Waals surface area contributed by atoms with Crippen LogP contribution in [0.3, 0.4) is 0 Å². The van der Waals surface area contributed by atoms with Gasteiger partial charge in [-0.3, -0.25) is 0 Å². The van der Waals surface area contributed by atoms with Crippen LogP contribution in [-0.2, 0) is 0 Å². The number of nitrogens with zero attached hydrogens (tertiary/aromatic N) is 2. The van der Waals surface area contributed by atoms with E-state index in [0.29, 0.717) is 6.04 Å². The van der Waals surface area contributed by atoms with Crippen LogP contribution >= 0.6 is 15.9 Å². The Morgan fingerprint density at radius 2 is 1.95 bits per heavy atom. The van der Waals surface area contributed by atoms with Gasteiger partial charge in [-0.05, 0) is 54.1 Å². The Morgan fingerprint density at radius 3 is 2.47 bits per heavy atom. The number of likely N-dealkylation sites (N-methyl/N-ethyl adjacent to an activating group) is 1. The van der Waals surface area contributed by atoms with Crippen LogP contribution in [0, 0.1) is 0 Å². The molecule has 3 nitrogen and oxygen atoms in total. The molecule has 1 N–H and O–H groups in total. The van der Waals surface area contributed by atoms with Crippen LogP contribution in [0.1, 0.15) is 25.5 Å². The van der Waals surface area contributed by atoms with E-state index >= 15 is 0 Å². The van der Waals surface area contributed by atoms with Gasteiger partial charge in [-0.15, -0.1) is 0 Å². The molecule has 1 unspecified atom stereocenters. The van der Waals surface area contributed by atoms with Gasteiger partial charge in [0, 0.05) is 36.7 Å². The van der Waals surface area contributed by atoms with Gasteiger partial charge in [0.2, 0.25) is 0 Å². The van der Waals surface area contributed by atoms with Crippen molar-refractivity contribution in [1.29, 1.82) is 0 Å². The van der Waals surface area contributed by atoms with Gasteiger partial charge in [0.1, 0.15) is 0 Å². The van der Waals surface area contributed by atoms with Crippen molar-refractivity contribution in [1.82, 2.24) is 10.2 Å². The lowest BCUT2D eigenvalue weighted by Gasteiger charge is -2.36. The normalized spacial score (nSPS) is 18.6. The molecule has 1 saturated heterocycles. The van der Waals surface area contributed by atoms with Crippen LogP contribution < -0.4 is 10.2 Å². The third-order valence-corrected chi connectivity index (χ3v) is 4.70. The van der Waals surface area contributed by atoms with Gasteiger partial charge in [0.25, 0.3) is 0 Å². The molecule has 1 heterocycles. The highest BCUT2D eigenvalue weighted by atomic mass is 79.9. The van der Waals surface area contributed by atoms with Crippen molar-refractivity contribution < 1.29 is 0 Å². The zero-order chi connectivity index (χ0) is 13.8. The largest absolute Gasteiger partial charge is 0.368 e. The first-order valence-electron chi connectivity index (χ1n) is 7.09. The number of rotatable bonds is 4. The van der Waals surface area contributed by atoms with E-state index in [9.17, 15) is 0 Å². The summed E-state index contributed by atoms with van der Waals surface area (Å²) in [5.41, 5.74) is 2.65. The lowest BCUT2D eigenvalue weighted by atomic mass is 10.1. The summed E-state index contributed by atoms with van der Waals surface area (Å²) < 4.78 is 1.21. The first kappa shape index (κ1) is 14.8. The molecule has 0 radical (unpaired) electrons. The Morgan fingerprint density at radius 1 is 1.26 bits per heavy atom. The number of benzene rings is 1. The highest BCUT2D eigenvalue weighted by molar-refractivity contribution is 9.10. The molecule has 19 heavy (non-hydrogen) atoms. The van der Waals surface area contributed by atoms with Crippen molar-refractivity contribution in [3.8, 4) is 0 Å². The van der Waals surface area contributed by atoms with Crippen LogP contribution in [0.4, 0.5) is 5.69 Å². The standard InChI is InChI=1S/C15H24BrN3/c1-4-18-7-9-19(10-8-18)15-6-5-13(11-14(15)16)12(2)17-3/h5-6,11-12,17H,4,7-10H2,1-3H3. The summed E-state index contributed by atoms with van der Waals surface area (Å²) in [6.45, 7) is 10.1. The van der Waals surface area contributed by atoms with E-state index in [4.69, 9.17) is 0 Å². The second-order valence-corrected chi connectivity index (χ2v) is 6.00. The Labute approximate surface area is 125 Å². The van der Waals surface area contributed by atoms with E-state index in [0.717, 1.165) is 32.7 Å². The molecule has 4 heteroatoms. The Hall–Kier alpha value is -0.580. The summed E-state index contributed by atoms with van der Waals surface area (Å²) >= 11 is 3.73. The Bertz CT molecular complexity index is 414. The molecule has 1 atom stereocenters. The van der Waals surface area contributed by atoms with Gasteiger partial charge in [-0.2, -0.15) is 0 Å². The fourth-order valence-corrected chi connectivity index (χ4v) is 3.17. The molecule has 0 bridgehead atoms. The Balaban J connectivity index is 2.09. The lowest BCUT2D eigenvalue weighted by molar-refractivity contribution is 0.271. The Kier molecular flexibility index (Phi) is 5.25. The highest BCUT2D eigenvalue weighted by Gasteiger charge is 2.18. The van der Waals surface area contributed by atoms with Crippen LogP contribution in [0.5, 0.6) is 0 Å². The van der Waals surface area contributed by atoms with Gasteiger partial charge in [0.15, 0.2) is 0 Å². The van der Waals surface area contributed by atoms with Gasteiger partial charge in [-0.1, -0.05) is 13.0 Å². The van der Waals surface area contributed by atoms with Gasteiger partial charge >= 0.3 is 0 Å². The topological polar surface area (TPSA) is 18.5 Å². The van der Waals surface area contributed by atoms with Crippen LogP contribution in [0.25, 0.3) is 0 Å². The van der Waals surface area contributed by atoms with Crippen molar-refractivity contribution in [2.75, 3.05) is 44.7 Å². The van der Waals surface area contributed by atoms with Crippen molar-refractivity contribution in [2.45, 2.75) is 19.9 Å². The van der Waals surface area contributed by atoms with E-state index in [1.54, 1.807) is 0 Å². The van der Waals surface area contributed by atoms with Crippen LogP contribution in [0.2, 0.25) is 0 Å². The van der Waals surface area contributed by atoms with E-state index < -0.39 is 0 Å². The molecule has 1 fully saturated rings. The fourth-order valence-electron chi connectivity index (χ4n) is 2.52. The van der Waals surface area contributed by atoms with Gasteiger partial charge < -0.3 is 15.1 Å². The number of piperazine rings is 1. The average molecular weight is 326 g/mol. The minimum Gasteiger partial charge on any atom is -0.368 e. The summed E-state index contributed by atoms with van der Waals surface area (Å²) in [4.78, 5) is 4.98. The van der Waals surface area contributed by atoms with Crippen LogP contribution in [0.15, 0.2) is 22.7 Å². The predicted octanol–water partition coefficient (Wildman–Crippen LogP) is 2.87. The van der Waals surface area contributed by atoms with Crippen molar-refractivity contribution in [3.63, 3.8) is 0 Å². The number of anilines is 1. The second kappa shape index (κ2) is 6.73. The summed E-state index contributed by atoms with van der Waals surface area (Å²) in [6.07, 6.45) is 0. The second-order valence-electron chi connectivity index (χ2n) is 5.14. The third-order valence-electron chi connectivity index (χ3n) is 4.06. The first-order chi connectivity index (χ1) is 9.15. The number of hydrogen-bond donors (Lipinski definition) is 1. The number of hydrogen-bond acceptors (Lipinski definition) is 3. The average Bonchev–Trinajstić information content (AvgIpc) is 2.46. The van der Waals surface area contributed by atoms with Crippen molar-refractivity contribution in [3.05, 3.63) is 28.2 Å². The molecule has 1 aromatic carbocycles.